The molecule has 3 rings (SSSR count). The van der Waals surface area contributed by atoms with Gasteiger partial charge in [0.05, 0.1) is 24.2 Å². The Morgan fingerprint density at radius 2 is 2.10 bits per heavy atom. The second kappa shape index (κ2) is 9.69. The Kier molecular flexibility index (Phi) is 7.01. The molecule has 0 bridgehead atoms. The number of benzene rings is 1. The summed E-state index contributed by atoms with van der Waals surface area (Å²) in [5.74, 6) is 0.368. The predicted octanol–water partition coefficient (Wildman–Crippen LogP) is 1.98. The Labute approximate surface area is 180 Å². The lowest BCUT2D eigenvalue weighted by Crippen LogP contribution is -2.38. The molecule has 0 aliphatic carbocycles. The minimum absolute atomic E-state index is 0.0150. The average molecular weight is 429 g/mol. The number of ether oxygens (including phenoxy) is 1. The van der Waals surface area contributed by atoms with E-state index in [1.807, 2.05) is 11.8 Å². The molecule has 31 heavy (non-hydrogen) atoms. The van der Waals surface area contributed by atoms with Crippen LogP contribution in [0.25, 0.3) is 0 Å². The summed E-state index contributed by atoms with van der Waals surface area (Å²) in [5.41, 5.74) is 1.51. The standard InChI is InChI=1S/C21H27N5O5/c1-14-18(20(28)23-21(22-14)25-9-11-31-12-10-25)7-8-19(27)24(3)15(2)16-5-4-6-17(13-16)26(29)30/h4-6,13,15H,7-12H2,1-3H3,(H,22,23,28). The second-order valence-electron chi connectivity index (χ2n) is 7.59. The van der Waals surface area contributed by atoms with Crippen molar-refractivity contribution in [2.24, 2.45) is 0 Å². The van der Waals surface area contributed by atoms with Crippen LogP contribution in [0, 0.1) is 17.0 Å². The Morgan fingerprint density at radius 1 is 1.39 bits per heavy atom. The lowest BCUT2D eigenvalue weighted by molar-refractivity contribution is -0.384. The second-order valence-corrected chi connectivity index (χ2v) is 7.59. The maximum absolute atomic E-state index is 12.7. The van der Waals surface area contributed by atoms with Crippen LogP contribution in [0.3, 0.4) is 0 Å². The predicted molar refractivity (Wildman–Crippen MR) is 115 cm³/mol. The molecule has 1 N–H and O–H groups in total. The van der Waals surface area contributed by atoms with E-state index in [0.29, 0.717) is 49.1 Å². The minimum atomic E-state index is -0.458. The lowest BCUT2D eigenvalue weighted by atomic mass is 10.0. The van der Waals surface area contributed by atoms with Crippen LogP contribution in [0.1, 0.15) is 36.2 Å². The van der Waals surface area contributed by atoms with Crippen molar-refractivity contribution in [2.75, 3.05) is 38.3 Å². The summed E-state index contributed by atoms with van der Waals surface area (Å²) in [6, 6.07) is 5.91. The van der Waals surface area contributed by atoms with Gasteiger partial charge in [0.2, 0.25) is 11.9 Å². The third-order valence-corrected chi connectivity index (χ3v) is 5.65. The van der Waals surface area contributed by atoms with Gasteiger partial charge in [-0.2, -0.15) is 0 Å². The van der Waals surface area contributed by atoms with E-state index in [4.69, 9.17) is 4.74 Å². The van der Waals surface area contributed by atoms with Gasteiger partial charge in [-0.3, -0.25) is 24.7 Å². The molecule has 10 heteroatoms. The highest BCUT2D eigenvalue weighted by Gasteiger charge is 2.21. The van der Waals surface area contributed by atoms with Gasteiger partial charge in [0.25, 0.3) is 11.2 Å². The molecule has 1 amide bonds. The van der Waals surface area contributed by atoms with Gasteiger partial charge in [-0.15, -0.1) is 0 Å². The number of hydrogen-bond donors (Lipinski definition) is 1. The number of H-pyrrole nitrogens is 1. The smallest absolute Gasteiger partial charge is 0.269 e. The Balaban J connectivity index is 1.66. The zero-order valence-electron chi connectivity index (χ0n) is 18.0. The number of aromatic amines is 1. The van der Waals surface area contributed by atoms with Crippen molar-refractivity contribution in [3.8, 4) is 0 Å². The first-order chi connectivity index (χ1) is 14.8. The van der Waals surface area contributed by atoms with E-state index in [1.165, 1.54) is 17.0 Å². The number of nitro groups is 1. The van der Waals surface area contributed by atoms with Crippen molar-refractivity contribution in [1.29, 1.82) is 0 Å². The molecule has 0 spiro atoms. The van der Waals surface area contributed by atoms with Crippen LogP contribution in [-0.2, 0) is 16.0 Å². The molecule has 2 aromatic rings. The van der Waals surface area contributed by atoms with Gasteiger partial charge in [-0.1, -0.05) is 12.1 Å². The first kappa shape index (κ1) is 22.4. The van der Waals surface area contributed by atoms with Gasteiger partial charge in [0, 0.05) is 49.9 Å². The third kappa shape index (κ3) is 5.26. The zero-order chi connectivity index (χ0) is 22.5. The molecule has 0 radical (unpaired) electrons. The molecule has 2 heterocycles. The van der Waals surface area contributed by atoms with Crippen molar-refractivity contribution in [3.63, 3.8) is 0 Å². The molecule has 1 aromatic carbocycles. The highest BCUT2D eigenvalue weighted by Crippen LogP contribution is 2.23. The maximum Gasteiger partial charge on any atom is 0.269 e. The lowest BCUT2D eigenvalue weighted by Gasteiger charge is -2.27. The first-order valence-corrected chi connectivity index (χ1v) is 10.2. The number of carbonyl (C=O) groups is 1. The molecule has 10 nitrogen and oxygen atoms in total. The number of morpholine rings is 1. The molecule has 1 aromatic heterocycles. The summed E-state index contributed by atoms with van der Waals surface area (Å²) >= 11 is 0. The van der Waals surface area contributed by atoms with Crippen LogP contribution < -0.4 is 10.5 Å². The normalized spacial score (nSPS) is 14.9. The highest BCUT2D eigenvalue weighted by molar-refractivity contribution is 5.76. The summed E-state index contributed by atoms with van der Waals surface area (Å²) in [6.45, 7) is 6.10. The molecule has 1 aliphatic rings. The van der Waals surface area contributed by atoms with E-state index >= 15 is 0 Å². The number of aryl methyl sites for hydroxylation is 1. The number of nitro benzene ring substituents is 1. The van der Waals surface area contributed by atoms with Crippen molar-refractivity contribution in [1.82, 2.24) is 14.9 Å². The summed E-state index contributed by atoms with van der Waals surface area (Å²) < 4.78 is 5.33. The fraction of sp³-hybridized carbons (Fsp3) is 0.476. The van der Waals surface area contributed by atoms with E-state index in [-0.39, 0.29) is 36.0 Å². The highest BCUT2D eigenvalue weighted by atomic mass is 16.6. The Bertz CT molecular complexity index is 1020. The first-order valence-electron chi connectivity index (χ1n) is 10.2. The number of rotatable bonds is 7. The largest absolute Gasteiger partial charge is 0.378 e. The van der Waals surface area contributed by atoms with Gasteiger partial charge < -0.3 is 14.5 Å². The van der Waals surface area contributed by atoms with Crippen LogP contribution >= 0.6 is 0 Å². The molecule has 166 valence electrons. The summed E-state index contributed by atoms with van der Waals surface area (Å²) in [6.07, 6.45) is 0.403. The maximum atomic E-state index is 12.7. The summed E-state index contributed by atoms with van der Waals surface area (Å²) in [4.78, 5) is 46.7. The number of nitrogens with zero attached hydrogens (tertiary/aromatic N) is 4. The molecular formula is C21H27N5O5. The molecular weight excluding hydrogens is 402 g/mol. The molecule has 1 unspecified atom stereocenters. The van der Waals surface area contributed by atoms with E-state index in [0.717, 1.165) is 0 Å². The molecule has 1 atom stereocenters. The fourth-order valence-corrected chi connectivity index (χ4v) is 3.56. The van der Waals surface area contributed by atoms with E-state index < -0.39 is 4.92 Å². The van der Waals surface area contributed by atoms with Crippen molar-refractivity contribution < 1.29 is 14.5 Å². The van der Waals surface area contributed by atoms with Crippen LogP contribution in [-0.4, -0.2) is 59.0 Å². The topological polar surface area (TPSA) is 122 Å². The number of anilines is 1. The summed E-state index contributed by atoms with van der Waals surface area (Å²) in [5, 5.41) is 11.0. The number of aromatic nitrogens is 2. The van der Waals surface area contributed by atoms with Crippen LogP contribution in [0.2, 0.25) is 0 Å². The van der Waals surface area contributed by atoms with Crippen LogP contribution in [0.15, 0.2) is 29.1 Å². The van der Waals surface area contributed by atoms with E-state index in [1.54, 1.807) is 26.1 Å². The van der Waals surface area contributed by atoms with Crippen molar-refractivity contribution in [3.05, 3.63) is 61.6 Å². The van der Waals surface area contributed by atoms with Gasteiger partial charge in [-0.25, -0.2) is 4.98 Å². The Hall–Kier alpha value is -3.27. The zero-order valence-corrected chi connectivity index (χ0v) is 18.0. The molecule has 0 saturated carbocycles. The summed E-state index contributed by atoms with van der Waals surface area (Å²) in [7, 11) is 1.66. The minimum Gasteiger partial charge on any atom is -0.378 e. The molecule has 1 aliphatic heterocycles. The number of carbonyl (C=O) groups excluding carboxylic acids is 1. The van der Waals surface area contributed by atoms with Crippen LogP contribution in [0.4, 0.5) is 11.6 Å². The van der Waals surface area contributed by atoms with Gasteiger partial charge in [0.1, 0.15) is 0 Å². The van der Waals surface area contributed by atoms with E-state index in [2.05, 4.69) is 9.97 Å². The molecule has 1 fully saturated rings. The molecule has 1 saturated heterocycles. The average Bonchev–Trinajstić information content (AvgIpc) is 2.77. The number of hydrogen-bond acceptors (Lipinski definition) is 7. The SMILES string of the molecule is Cc1nc(N2CCOCC2)[nH]c(=O)c1CCC(=O)N(C)C(C)c1cccc([N+](=O)[O-])c1. The van der Waals surface area contributed by atoms with Gasteiger partial charge in [-0.05, 0) is 25.8 Å². The van der Waals surface area contributed by atoms with Crippen LogP contribution in [0.5, 0.6) is 0 Å². The van der Waals surface area contributed by atoms with Crippen molar-refractivity contribution >= 4 is 17.5 Å². The van der Waals surface area contributed by atoms with E-state index in [9.17, 15) is 19.7 Å². The quantitative estimate of drug-likeness (QED) is 0.527. The van der Waals surface area contributed by atoms with Crippen molar-refractivity contribution in [2.45, 2.75) is 32.7 Å². The number of amides is 1. The fourth-order valence-electron chi connectivity index (χ4n) is 3.56. The number of nitrogens with one attached hydrogen (secondary N) is 1. The monoisotopic (exact) mass is 429 g/mol. The third-order valence-electron chi connectivity index (χ3n) is 5.65. The van der Waals surface area contributed by atoms with Gasteiger partial charge in [0.15, 0.2) is 0 Å². The number of non-ortho nitro benzene ring substituents is 1. The Morgan fingerprint density at radius 3 is 2.74 bits per heavy atom. The van der Waals surface area contributed by atoms with Gasteiger partial charge >= 0.3 is 0 Å².